The zero-order valence-electron chi connectivity index (χ0n) is 15.2. The summed E-state index contributed by atoms with van der Waals surface area (Å²) in [6, 6.07) is 16.2. The van der Waals surface area contributed by atoms with Crippen molar-refractivity contribution in [3.05, 3.63) is 70.3 Å². The molecule has 3 aromatic rings. The van der Waals surface area contributed by atoms with Crippen molar-refractivity contribution in [1.29, 1.82) is 0 Å². The van der Waals surface area contributed by atoms with Crippen molar-refractivity contribution in [2.75, 3.05) is 25.0 Å². The average molecular weight is 349 g/mol. The van der Waals surface area contributed by atoms with Gasteiger partial charge in [0.1, 0.15) is 13.1 Å². The summed E-state index contributed by atoms with van der Waals surface area (Å²) in [4.78, 5) is 23.6. The molecule has 1 unspecified atom stereocenters. The molecule has 2 heterocycles. The normalized spacial score (nSPS) is 15.5. The Hall–Kier alpha value is -2.66. The Morgan fingerprint density at radius 2 is 1.77 bits per heavy atom. The fraction of sp³-hybridized carbons (Fsp3) is 0.333. The molecule has 26 heavy (non-hydrogen) atoms. The van der Waals surface area contributed by atoms with Gasteiger partial charge in [0.2, 0.25) is 0 Å². The molecule has 2 N–H and O–H groups in total. The van der Waals surface area contributed by atoms with Crippen LogP contribution < -0.4 is 15.4 Å². The fourth-order valence-corrected chi connectivity index (χ4v) is 3.82. The number of nitrogens with zero attached hydrogens (tertiary/aromatic N) is 2. The highest BCUT2D eigenvalue weighted by atomic mass is 16.1. The Morgan fingerprint density at radius 1 is 1.04 bits per heavy atom. The Bertz CT molecular complexity index is 959. The SMILES string of the molecule is C[NH+](Cc1nc2ccccc2c(=O)[nH]1)Cc1ccccc1N1CCCC1. The molecule has 1 fully saturated rings. The number of quaternary nitrogens is 1. The largest absolute Gasteiger partial charge is 0.371 e. The first-order valence-electron chi connectivity index (χ1n) is 9.33. The van der Waals surface area contributed by atoms with Crippen molar-refractivity contribution in [3.8, 4) is 0 Å². The first-order valence-corrected chi connectivity index (χ1v) is 9.33. The highest BCUT2D eigenvalue weighted by Gasteiger charge is 2.17. The number of anilines is 1. The zero-order chi connectivity index (χ0) is 17.9. The molecule has 5 heteroatoms. The van der Waals surface area contributed by atoms with Gasteiger partial charge >= 0.3 is 0 Å². The van der Waals surface area contributed by atoms with Gasteiger partial charge in [0, 0.05) is 24.3 Å². The number of aromatic amines is 1. The molecule has 2 aromatic carbocycles. The molecule has 1 aromatic heterocycles. The van der Waals surface area contributed by atoms with Crippen LogP contribution in [0.5, 0.6) is 0 Å². The summed E-state index contributed by atoms with van der Waals surface area (Å²) < 4.78 is 0. The van der Waals surface area contributed by atoms with Gasteiger partial charge in [-0.1, -0.05) is 30.3 Å². The lowest BCUT2D eigenvalue weighted by atomic mass is 10.1. The van der Waals surface area contributed by atoms with Gasteiger partial charge in [-0.05, 0) is 31.0 Å². The molecule has 1 saturated heterocycles. The van der Waals surface area contributed by atoms with E-state index in [4.69, 9.17) is 0 Å². The molecule has 134 valence electrons. The Morgan fingerprint density at radius 3 is 2.62 bits per heavy atom. The molecule has 1 atom stereocenters. The molecule has 1 aliphatic rings. The highest BCUT2D eigenvalue weighted by Crippen LogP contribution is 2.23. The second-order valence-corrected chi connectivity index (χ2v) is 7.16. The topological polar surface area (TPSA) is 53.4 Å². The molecule has 0 radical (unpaired) electrons. The van der Waals surface area contributed by atoms with Crippen molar-refractivity contribution in [2.45, 2.75) is 25.9 Å². The molecule has 0 saturated carbocycles. The maximum Gasteiger partial charge on any atom is 0.258 e. The third-order valence-electron chi connectivity index (χ3n) is 5.06. The summed E-state index contributed by atoms with van der Waals surface area (Å²) in [5.41, 5.74) is 3.41. The van der Waals surface area contributed by atoms with Gasteiger partial charge in [-0.15, -0.1) is 0 Å². The van der Waals surface area contributed by atoms with E-state index in [2.05, 4.69) is 46.2 Å². The van der Waals surface area contributed by atoms with Crippen LogP contribution in [0.4, 0.5) is 5.69 Å². The third kappa shape index (κ3) is 3.48. The van der Waals surface area contributed by atoms with E-state index >= 15 is 0 Å². The molecule has 0 bridgehead atoms. The quantitative estimate of drug-likeness (QED) is 0.738. The summed E-state index contributed by atoms with van der Waals surface area (Å²) in [6.45, 7) is 3.89. The van der Waals surface area contributed by atoms with E-state index in [0.717, 1.165) is 31.0 Å². The number of hydrogen-bond acceptors (Lipinski definition) is 3. The van der Waals surface area contributed by atoms with Crippen LogP contribution in [0.1, 0.15) is 24.2 Å². The fourth-order valence-electron chi connectivity index (χ4n) is 3.82. The number of benzene rings is 2. The van der Waals surface area contributed by atoms with Gasteiger partial charge in [0.25, 0.3) is 5.56 Å². The van der Waals surface area contributed by atoms with Crippen LogP contribution >= 0.6 is 0 Å². The van der Waals surface area contributed by atoms with Crippen LogP contribution in [0.3, 0.4) is 0 Å². The predicted molar refractivity (Wildman–Crippen MR) is 105 cm³/mol. The number of nitrogens with one attached hydrogen (secondary N) is 2. The summed E-state index contributed by atoms with van der Waals surface area (Å²) in [6.07, 6.45) is 2.55. The van der Waals surface area contributed by atoms with Crippen LogP contribution in [0.15, 0.2) is 53.3 Å². The number of fused-ring (bicyclic) bond motifs is 1. The van der Waals surface area contributed by atoms with E-state index in [1.807, 2.05) is 24.3 Å². The van der Waals surface area contributed by atoms with E-state index in [0.29, 0.717) is 11.9 Å². The van der Waals surface area contributed by atoms with Crippen molar-refractivity contribution in [1.82, 2.24) is 9.97 Å². The van der Waals surface area contributed by atoms with Crippen molar-refractivity contribution in [3.63, 3.8) is 0 Å². The predicted octanol–water partition coefficient (Wildman–Crippen LogP) is 1.74. The number of H-pyrrole nitrogens is 1. The standard InChI is InChI=1S/C21H24N4O/c1-24(14-16-8-2-5-11-19(16)25-12-6-7-13-25)15-20-22-18-10-4-3-9-17(18)21(26)23-20/h2-5,8-11H,6-7,12-15H2,1H3,(H,22,23,26)/p+1. The molecule has 0 aliphatic carbocycles. The molecular weight excluding hydrogens is 324 g/mol. The second kappa shape index (κ2) is 7.30. The van der Waals surface area contributed by atoms with Gasteiger partial charge in [-0.2, -0.15) is 0 Å². The summed E-state index contributed by atoms with van der Waals surface area (Å²) in [7, 11) is 2.15. The second-order valence-electron chi connectivity index (χ2n) is 7.16. The van der Waals surface area contributed by atoms with Gasteiger partial charge in [0.15, 0.2) is 5.82 Å². The number of hydrogen-bond donors (Lipinski definition) is 2. The Labute approximate surface area is 153 Å². The molecule has 1 aliphatic heterocycles. The minimum Gasteiger partial charge on any atom is -0.371 e. The van der Waals surface area contributed by atoms with Crippen LogP contribution in [0, 0.1) is 0 Å². The van der Waals surface area contributed by atoms with Crippen molar-refractivity contribution >= 4 is 16.6 Å². The minimum atomic E-state index is -0.0594. The van der Waals surface area contributed by atoms with Crippen LogP contribution in [0.2, 0.25) is 0 Å². The van der Waals surface area contributed by atoms with Crippen LogP contribution in [-0.2, 0) is 13.1 Å². The van der Waals surface area contributed by atoms with Crippen molar-refractivity contribution < 1.29 is 4.90 Å². The molecule has 5 nitrogen and oxygen atoms in total. The molecule has 0 spiro atoms. The first kappa shape index (κ1) is 16.8. The maximum absolute atomic E-state index is 12.3. The smallest absolute Gasteiger partial charge is 0.258 e. The van der Waals surface area contributed by atoms with E-state index < -0.39 is 0 Å². The van der Waals surface area contributed by atoms with Gasteiger partial charge in [-0.3, -0.25) is 4.79 Å². The monoisotopic (exact) mass is 349 g/mol. The lowest BCUT2D eigenvalue weighted by Crippen LogP contribution is -3.06. The van der Waals surface area contributed by atoms with Gasteiger partial charge in [0.05, 0.1) is 18.0 Å². The molecule has 0 amide bonds. The molecular formula is C21H25N4O+. The third-order valence-corrected chi connectivity index (χ3v) is 5.06. The van der Waals surface area contributed by atoms with Crippen LogP contribution in [0.25, 0.3) is 10.9 Å². The lowest BCUT2D eigenvalue weighted by Gasteiger charge is -2.22. The molecule has 4 rings (SSSR count). The zero-order valence-corrected chi connectivity index (χ0v) is 15.2. The summed E-state index contributed by atoms with van der Waals surface area (Å²) >= 11 is 0. The minimum absolute atomic E-state index is 0.0594. The summed E-state index contributed by atoms with van der Waals surface area (Å²) in [5, 5.41) is 0.647. The first-order chi connectivity index (χ1) is 12.7. The number of para-hydroxylation sites is 2. The van der Waals surface area contributed by atoms with E-state index in [-0.39, 0.29) is 5.56 Å². The Balaban J connectivity index is 1.53. The van der Waals surface area contributed by atoms with Gasteiger partial charge in [-0.25, -0.2) is 4.98 Å². The van der Waals surface area contributed by atoms with E-state index in [1.165, 1.54) is 29.0 Å². The number of rotatable bonds is 5. The average Bonchev–Trinajstić information content (AvgIpc) is 3.16. The van der Waals surface area contributed by atoms with Crippen molar-refractivity contribution in [2.24, 2.45) is 0 Å². The van der Waals surface area contributed by atoms with E-state index in [9.17, 15) is 4.79 Å². The highest BCUT2D eigenvalue weighted by molar-refractivity contribution is 5.77. The van der Waals surface area contributed by atoms with Gasteiger partial charge < -0.3 is 14.8 Å². The van der Waals surface area contributed by atoms with E-state index in [1.54, 1.807) is 0 Å². The van der Waals surface area contributed by atoms with Crippen LogP contribution in [-0.4, -0.2) is 30.1 Å². The Kier molecular flexibility index (Phi) is 4.71. The number of aromatic nitrogens is 2. The summed E-state index contributed by atoms with van der Waals surface area (Å²) in [5.74, 6) is 0.741. The lowest BCUT2D eigenvalue weighted by molar-refractivity contribution is -0.908. The maximum atomic E-state index is 12.3.